The van der Waals surface area contributed by atoms with Crippen LogP contribution in [0.1, 0.15) is 209 Å². The topological polar surface area (TPSA) is 599 Å². The van der Waals surface area contributed by atoms with Gasteiger partial charge in [-0.25, -0.2) is 0 Å². The Labute approximate surface area is 654 Å². The molecule has 0 aliphatic heterocycles. The number of carbonyl (C=O) groups is 17. The number of amides is 17. The molecule has 0 spiro atoms. The van der Waals surface area contributed by atoms with Crippen LogP contribution in [0.5, 0.6) is 0 Å². The molecular formula is C75H125N19O18. The minimum atomic E-state index is -1.94. The third kappa shape index (κ3) is 31.4. The molecule has 17 amide bonds. The average molecular weight is 1580 g/mol. The highest BCUT2D eigenvalue weighted by Gasteiger charge is 2.45. The van der Waals surface area contributed by atoms with Crippen LogP contribution in [-0.4, -0.2) is 204 Å². The first-order valence-electron chi connectivity index (χ1n) is 37.4. The average Bonchev–Trinajstić information content (AvgIpc) is 1.04. The molecule has 1 heterocycles. The number of fused-ring (bicyclic) bond motifs is 1. The summed E-state index contributed by atoms with van der Waals surface area (Å²) in [6, 6.07) is -2.68. The van der Waals surface area contributed by atoms with Gasteiger partial charge in [-0.2, -0.15) is 0 Å². The number of hydrogen-bond donors (Lipinski definition) is 20. The molecule has 0 aliphatic rings. The van der Waals surface area contributed by atoms with E-state index in [-0.39, 0.29) is 49.9 Å². The van der Waals surface area contributed by atoms with Crippen LogP contribution < -0.4 is 97.4 Å². The van der Waals surface area contributed by atoms with Crippen molar-refractivity contribution >= 4 is 111 Å². The Bertz CT molecular complexity index is 3760. The Morgan fingerprint density at radius 1 is 0.366 bits per heavy atom. The summed E-state index contributed by atoms with van der Waals surface area (Å²) in [5.74, 6) is -15.4. The predicted octanol–water partition coefficient (Wildman–Crippen LogP) is -2.36. The van der Waals surface area contributed by atoms with E-state index in [9.17, 15) is 86.6 Å². The molecule has 1 aromatic carbocycles. The second-order valence-corrected chi connectivity index (χ2v) is 33.6. The highest BCUT2D eigenvalue weighted by atomic mass is 16.3. The number of para-hydroxylation sites is 1. The maximum absolute atomic E-state index is 14.2. The number of rotatable bonds is 46. The fourth-order valence-corrected chi connectivity index (χ4v) is 11.1. The van der Waals surface area contributed by atoms with Crippen molar-refractivity contribution in [1.82, 2.24) is 79.4 Å². The van der Waals surface area contributed by atoms with Crippen LogP contribution in [0.25, 0.3) is 10.9 Å². The number of benzene rings is 1. The number of nitrogens with two attached hydrogens (primary N) is 4. The first-order chi connectivity index (χ1) is 51.2. The SMILES string of the molecule is CC(C)C[C@@H](CO)NC(=O)[C@H](CCC(N)=O)NC(=O)C(C)(C)NC(=O)[C@H](CC(C)C)NC(=O)[C@H](CCC(N)=O)NC(=O)C(C)(C)NC(=O)C(C)(C)NC(=O)C(C)(C)NC(=O)[C@H](CCC(N)=O)NC(=O)C(C)(C)NC(=O)[C@H](CC(C)C)NC(=O)C(C)(C)NC(=O)C(C)(C)NC(=O)[C@H](C)NC(=O)[C@@H](N)Cc1c[nH]c2ccccc12. The van der Waals surface area contributed by atoms with Gasteiger partial charge in [0.25, 0.3) is 0 Å². The smallest absolute Gasteiger partial charge is 0.246 e. The van der Waals surface area contributed by atoms with E-state index in [0.29, 0.717) is 6.42 Å². The van der Waals surface area contributed by atoms with Crippen LogP contribution in [0.3, 0.4) is 0 Å². The Kier molecular flexibility index (Phi) is 36.0. The molecule has 0 saturated heterocycles. The monoisotopic (exact) mass is 1580 g/mol. The summed E-state index contributed by atoms with van der Waals surface area (Å²) in [5, 5.41) is 46.6. The highest BCUT2D eigenvalue weighted by molar-refractivity contribution is 6.03. The number of aliphatic hydroxyl groups is 1. The molecule has 2 rings (SSSR count). The van der Waals surface area contributed by atoms with Crippen LogP contribution >= 0.6 is 0 Å². The number of primary amides is 3. The van der Waals surface area contributed by atoms with Crippen LogP contribution in [-0.2, 0) is 87.9 Å². The predicted molar refractivity (Wildman–Crippen MR) is 415 cm³/mol. The lowest BCUT2D eigenvalue weighted by Crippen LogP contribution is -2.68. The third-order valence-electron chi connectivity index (χ3n) is 18.1. The van der Waals surface area contributed by atoms with Crippen LogP contribution in [0, 0.1) is 17.8 Å². The van der Waals surface area contributed by atoms with Gasteiger partial charge in [0.05, 0.1) is 18.7 Å². The largest absolute Gasteiger partial charge is 0.394 e. The molecule has 24 N–H and O–H groups in total. The molecule has 0 aliphatic carbocycles. The zero-order valence-electron chi connectivity index (χ0n) is 68.7. The maximum atomic E-state index is 14.2. The van der Waals surface area contributed by atoms with E-state index in [2.05, 4.69) is 79.4 Å². The zero-order chi connectivity index (χ0) is 86.3. The Morgan fingerprint density at radius 3 is 1.04 bits per heavy atom. The summed E-state index contributed by atoms with van der Waals surface area (Å²) in [6.45, 7) is 29.9. The lowest BCUT2D eigenvalue weighted by molar-refractivity contribution is -0.141. The molecule has 0 saturated carbocycles. The van der Waals surface area contributed by atoms with Gasteiger partial charge in [-0.3, -0.25) is 81.5 Å². The number of aromatic nitrogens is 1. The fraction of sp³-hybridized carbons (Fsp3) is 0.667. The number of aromatic amines is 1. The molecule has 0 bridgehead atoms. The van der Waals surface area contributed by atoms with Gasteiger partial charge < -0.3 is 107 Å². The van der Waals surface area contributed by atoms with Gasteiger partial charge in [-0.1, -0.05) is 59.7 Å². The normalized spacial score (nSPS) is 14.4. The van der Waals surface area contributed by atoms with Crippen molar-refractivity contribution in [2.24, 2.45) is 40.7 Å². The second kappa shape index (κ2) is 41.3. The number of hydrogen-bond acceptors (Lipinski definition) is 19. The summed E-state index contributed by atoms with van der Waals surface area (Å²) < 4.78 is 0. The maximum Gasteiger partial charge on any atom is 0.246 e. The Hall–Kier alpha value is -10.3. The second-order valence-electron chi connectivity index (χ2n) is 33.6. The lowest BCUT2D eigenvalue weighted by atomic mass is 9.95. The number of carbonyl (C=O) groups excluding carboxylic acids is 17. The summed E-state index contributed by atoms with van der Waals surface area (Å²) in [5.41, 5.74) is 11.3. The van der Waals surface area contributed by atoms with Crippen molar-refractivity contribution in [3.05, 3.63) is 36.0 Å². The van der Waals surface area contributed by atoms with Gasteiger partial charge in [0.15, 0.2) is 0 Å². The van der Waals surface area contributed by atoms with Crippen molar-refractivity contribution in [2.45, 2.75) is 297 Å². The third-order valence-corrected chi connectivity index (χ3v) is 18.1. The molecule has 8 atom stereocenters. The molecule has 628 valence electrons. The minimum Gasteiger partial charge on any atom is -0.394 e. The molecular weight excluding hydrogens is 1450 g/mol. The van der Waals surface area contributed by atoms with Crippen molar-refractivity contribution in [3.63, 3.8) is 0 Å². The van der Waals surface area contributed by atoms with Gasteiger partial charge in [-0.05, 0) is 178 Å². The highest BCUT2D eigenvalue weighted by Crippen LogP contribution is 2.21. The lowest BCUT2D eigenvalue weighted by Gasteiger charge is -2.36. The van der Waals surface area contributed by atoms with E-state index < -0.39 is 220 Å². The summed E-state index contributed by atoms with van der Waals surface area (Å²) in [6.07, 6.45) is -0.0396. The molecule has 0 radical (unpaired) electrons. The number of H-pyrrole nitrogens is 1. The van der Waals surface area contributed by atoms with Crippen molar-refractivity contribution in [3.8, 4) is 0 Å². The van der Waals surface area contributed by atoms with Crippen molar-refractivity contribution < 1.29 is 86.6 Å². The molecule has 37 heteroatoms. The first kappa shape index (κ1) is 97.7. The Balaban J connectivity index is 2.24. The summed E-state index contributed by atoms with van der Waals surface area (Å²) >= 11 is 0. The van der Waals surface area contributed by atoms with Gasteiger partial charge in [-0.15, -0.1) is 0 Å². The van der Waals surface area contributed by atoms with Crippen LogP contribution in [0.2, 0.25) is 0 Å². The number of aliphatic hydroxyl groups excluding tert-OH is 1. The van der Waals surface area contributed by atoms with Gasteiger partial charge >= 0.3 is 0 Å². The molecule has 0 unspecified atom stereocenters. The van der Waals surface area contributed by atoms with Crippen LogP contribution in [0.15, 0.2) is 30.5 Å². The molecule has 112 heavy (non-hydrogen) atoms. The summed E-state index contributed by atoms with van der Waals surface area (Å²) in [7, 11) is 0. The quantitative estimate of drug-likeness (QED) is 0.0330. The van der Waals surface area contributed by atoms with E-state index >= 15 is 0 Å². The van der Waals surface area contributed by atoms with E-state index in [4.69, 9.17) is 22.9 Å². The van der Waals surface area contributed by atoms with E-state index in [0.717, 1.165) is 16.5 Å². The first-order valence-corrected chi connectivity index (χ1v) is 37.4. The van der Waals surface area contributed by atoms with Gasteiger partial charge in [0.2, 0.25) is 100 Å². The van der Waals surface area contributed by atoms with Gasteiger partial charge in [0.1, 0.15) is 75.0 Å². The number of nitrogens with one attached hydrogen (secondary N) is 15. The molecule has 2 aromatic rings. The minimum absolute atomic E-state index is 0.00430. The van der Waals surface area contributed by atoms with E-state index in [1.165, 1.54) is 104 Å². The summed E-state index contributed by atoms with van der Waals surface area (Å²) in [4.78, 5) is 234. The van der Waals surface area contributed by atoms with Crippen molar-refractivity contribution in [2.75, 3.05) is 6.61 Å². The van der Waals surface area contributed by atoms with E-state index in [1.54, 1.807) is 33.9 Å². The molecule has 0 fully saturated rings. The van der Waals surface area contributed by atoms with Crippen molar-refractivity contribution in [1.29, 1.82) is 0 Å². The molecule has 1 aromatic heterocycles. The standard InChI is InChI=1S/C75H125N19O18/c1-38(2)32-43(37-95)82-57(101)47(26-29-52(77)96)84-62(106)69(8,9)90-60(104)50(33-39(3)4)83-58(102)48(27-30-53(78)97)85-64(108)71(12,13)93-68(112)75(20,21)94-67(111)74(18,19)89-59(103)49(28-31-54(79)98)86-63(107)70(10,11)91-61(105)51(34-40(5)6)87-65(109)72(14,15)92-66(110)73(16,17)88-55(99)41(7)81-56(100)45(76)35-42-36-80-46-25-23-22-24-44(42)46/h22-25,36,38-41,43,45,47-51,80,95H,26-35,37,76H2,1-21H3,(H2,77,96)(H2,78,97)(H2,79,98)(H,81,100)(H,82,101)(H,83,102)(H,84,106)(H,85,108)(H,86,107)(H,87,109)(H,88,99)(H,89,103)(H,90,104)(H,91,105)(H,92,110)(H,93,112)(H,94,111)/t41-,43-,45-,47-,48-,49-,50-,51-/m0/s1. The van der Waals surface area contributed by atoms with E-state index in [1.807, 2.05) is 38.1 Å². The van der Waals surface area contributed by atoms with Gasteiger partial charge in [0, 0.05) is 36.4 Å². The Morgan fingerprint density at radius 2 is 0.670 bits per heavy atom. The van der Waals surface area contributed by atoms with Crippen LogP contribution in [0.4, 0.5) is 0 Å². The molecule has 37 nitrogen and oxygen atoms in total. The fourth-order valence-electron chi connectivity index (χ4n) is 11.1. The zero-order valence-corrected chi connectivity index (χ0v) is 68.7.